The minimum absolute atomic E-state index is 0.0438. The average Bonchev–Trinajstić information content (AvgIpc) is 2.82. The Morgan fingerprint density at radius 1 is 1.03 bits per heavy atom. The summed E-state index contributed by atoms with van der Waals surface area (Å²) < 4.78 is 5.44. The molecule has 0 bridgehead atoms. The monoisotopic (exact) mass is 487 g/mol. The minimum Gasteiger partial charge on any atom is -0.478 e. The number of likely N-dealkylation sites (tertiary alicyclic amines) is 2. The van der Waals surface area contributed by atoms with Crippen molar-refractivity contribution in [2.45, 2.75) is 64.9 Å². The van der Waals surface area contributed by atoms with Crippen LogP contribution in [0.15, 0.2) is 24.3 Å². The first-order valence-corrected chi connectivity index (χ1v) is 12.4. The van der Waals surface area contributed by atoms with Crippen LogP contribution in [0.25, 0.3) is 0 Å². The van der Waals surface area contributed by atoms with E-state index in [0.717, 1.165) is 25.7 Å². The number of para-hydroxylation sites is 1. The van der Waals surface area contributed by atoms with Crippen molar-refractivity contribution in [3.05, 3.63) is 29.8 Å². The third-order valence-electron chi connectivity index (χ3n) is 6.59. The highest BCUT2D eigenvalue weighted by atomic mass is 16.6. The van der Waals surface area contributed by atoms with Crippen LogP contribution in [0, 0.1) is 11.8 Å². The van der Waals surface area contributed by atoms with Crippen LogP contribution in [0.4, 0.5) is 10.5 Å². The minimum atomic E-state index is -1.10. The smallest absolute Gasteiger partial charge is 0.410 e. The van der Waals surface area contributed by atoms with Gasteiger partial charge >= 0.3 is 12.1 Å². The van der Waals surface area contributed by atoms with E-state index in [1.807, 2.05) is 20.8 Å². The average molecular weight is 488 g/mol. The van der Waals surface area contributed by atoms with Gasteiger partial charge in [0.05, 0.1) is 17.2 Å². The third kappa shape index (κ3) is 7.70. The van der Waals surface area contributed by atoms with Crippen molar-refractivity contribution in [1.29, 1.82) is 0 Å². The Kier molecular flexibility index (Phi) is 8.75. The van der Waals surface area contributed by atoms with Gasteiger partial charge in [-0.25, -0.2) is 9.59 Å². The molecule has 3 rings (SSSR count). The van der Waals surface area contributed by atoms with E-state index in [-0.39, 0.29) is 35.1 Å². The van der Waals surface area contributed by atoms with Gasteiger partial charge in [-0.15, -0.1) is 0 Å². The van der Waals surface area contributed by atoms with Gasteiger partial charge < -0.3 is 25.0 Å². The first-order chi connectivity index (χ1) is 16.5. The zero-order valence-corrected chi connectivity index (χ0v) is 20.9. The van der Waals surface area contributed by atoms with Gasteiger partial charge in [0.15, 0.2) is 0 Å². The van der Waals surface area contributed by atoms with E-state index < -0.39 is 11.6 Å². The van der Waals surface area contributed by atoms with E-state index in [9.17, 15) is 24.3 Å². The van der Waals surface area contributed by atoms with Crippen LogP contribution in [0.5, 0.6) is 0 Å². The highest BCUT2D eigenvalue weighted by Crippen LogP contribution is 2.26. The number of hydrogen-bond acceptors (Lipinski definition) is 5. The van der Waals surface area contributed by atoms with Crippen molar-refractivity contribution in [3.8, 4) is 0 Å². The fraction of sp³-hybridized carbons (Fsp3) is 0.615. The molecule has 1 aromatic rings. The first-order valence-electron chi connectivity index (χ1n) is 12.4. The molecule has 1 unspecified atom stereocenters. The number of rotatable bonds is 6. The Hall–Kier alpha value is -3.10. The molecule has 2 N–H and O–H groups in total. The summed E-state index contributed by atoms with van der Waals surface area (Å²) in [4.78, 5) is 52.8. The van der Waals surface area contributed by atoms with Crippen LogP contribution in [-0.2, 0) is 14.3 Å². The fourth-order valence-electron chi connectivity index (χ4n) is 4.65. The molecule has 0 saturated carbocycles. The lowest BCUT2D eigenvalue weighted by Gasteiger charge is -2.34. The Morgan fingerprint density at radius 3 is 2.37 bits per heavy atom. The highest BCUT2D eigenvalue weighted by Gasteiger charge is 2.30. The number of anilines is 1. The number of hydrogen-bond donors (Lipinski definition) is 2. The third-order valence-corrected chi connectivity index (χ3v) is 6.59. The van der Waals surface area contributed by atoms with Gasteiger partial charge in [-0.3, -0.25) is 9.59 Å². The Morgan fingerprint density at radius 2 is 1.71 bits per heavy atom. The summed E-state index contributed by atoms with van der Waals surface area (Å²) in [5.74, 6) is -1.30. The molecule has 35 heavy (non-hydrogen) atoms. The van der Waals surface area contributed by atoms with Crippen LogP contribution < -0.4 is 5.32 Å². The van der Waals surface area contributed by atoms with E-state index in [4.69, 9.17) is 4.74 Å². The molecular formula is C26H37N3O6. The van der Waals surface area contributed by atoms with Crippen LogP contribution >= 0.6 is 0 Å². The lowest BCUT2D eigenvalue weighted by Crippen LogP contribution is -2.44. The summed E-state index contributed by atoms with van der Waals surface area (Å²) in [6.45, 7) is 7.81. The van der Waals surface area contributed by atoms with E-state index in [1.54, 1.807) is 28.0 Å². The van der Waals surface area contributed by atoms with Crippen molar-refractivity contribution in [3.63, 3.8) is 0 Å². The largest absolute Gasteiger partial charge is 0.478 e. The maximum atomic E-state index is 12.9. The van der Waals surface area contributed by atoms with Gasteiger partial charge in [-0.1, -0.05) is 12.1 Å². The topological polar surface area (TPSA) is 116 Å². The predicted octanol–water partition coefficient (Wildman–Crippen LogP) is 3.99. The molecule has 3 amide bonds. The summed E-state index contributed by atoms with van der Waals surface area (Å²) in [6, 6.07) is 6.31. The molecule has 2 aliphatic rings. The summed E-state index contributed by atoms with van der Waals surface area (Å²) in [5.41, 5.74) is -0.197. The Bertz CT molecular complexity index is 933. The molecular weight excluding hydrogens is 450 g/mol. The number of carbonyl (C=O) groups is 4. The fourth-order valence-corrected chi connectivity index (χ4v) is 4.65. The molecule has 0 aromatic heterocycles. The van der Waals surface area contributed by atoms with Crippen molar-refractivity contribution < 1.29 is 29.0 Å². The molecule has 0 spiro atoms. The van der Waals surface area contributed by atoms with Gasteiger partial charge in [0.25, 0.3) is 0 Å². The molecule has 0 radical (unpaired) electrons. The second kappa shape index (κ2) is 11.6. The van der Waals surface area contributed by atoms with Gasteiger partial charge in [-0.05, 0) is 70.9 Å². The second-order valence-corrected chi connectivity index (χ2v) is 10.5. The number of carboxylic acid groups (broad SMARTS) is 1. The highest BCUT2D eigenvalue weighted by molar-refractivity contribution is 6.01. The summed E-state index contributed by atoms with van der Waals surface area (Å²) in [5, 5.41) is 12.1. The van der Waals surface area contributed by atoms with E-state index in [2.05, 4.69) is 5.32 Å². The van der Waals surface area contributed by atoms with Gasteiger partial charge in [0.2, 0.25) is 11.8 Å². The van der Waals surface area contributed by atoms with Crippen LogP contribution in [0.1, 0.15) is 69.7 Å². The molecule has 0 aliphatic carbocycles. The molecule has 1 atom stereocenters. The van der Waals surface area contributed by atoms with Gasteiger partial charge in [0.1, 0.15) is 5.60 Å². The zero-order valence-electron chi connectivity index (χ0n) is 20.9. The number of piperidine rings is 2. The number of amides is 3. The van der Waals surface area contributed by atoms with Crippen molar-refractivity contribution in [2.24, 2.45) is 11.8 Å². The SMILES string of the molecule is CC(C)(C)OC(=O)N1CCC(CCC(=O)N2CCCC(C(=O)Nc3ccccc3C(=O)O)C2)CC1. The normalized spacial score (nSPS) is 19.2. The number of carbonyl (C=O) groups excluding carboxylic acids is 3. The molecule has 2 heterocycles. The number of ether oxygens (including phenoxy) is 1. The summed E-state index contributed by atoms with van der Waals surface area (Å²) in [6.07, 6.45) is 4.00. The van der Waals surface area contributed by atoms with Crippen LogP contribution in [-0.4, -0.2) is 70.6 Å². The number of benzene rings is 1. The quantitative estimate of drug-likeness (QED) is 0.627. The van der Waals surface area contributed by atoms with Gasteiger partial charge in [0, 0.05) is 32.6 Å². The lowest BCUT2D eigenvalue weighted by atomic mass is 9.91. The van der Waals surface area contributed by atoms with Crippen molar-refractivity contribution in [2.75, 3.05) is 31.5 Å². The van der Waals surface area contributed by atoms with E-state index in [0.29, 0.717) is 44.9 Å². The lowest BCUT2D eigenvalue weighted by molar-refractivity contribution is -0.135. The van der Waals surface area contributed by atoms with Crippen molar-refractivity contribution in [1.82, 2.24) is 9.80 Å². The van der Waals surface area contributed by atoms with E-state index >= 15 is 0 Å². The maximum absolute atomic E-state index is 12.9. The number of carboxylic acids is 1. The van der Waals surface area contributed by atoms with Gasteiger partial charge in [-0.2, -0.15) is 0 Å². The molecule has 2 saturated heterocycles. The molecule has 9 nitrogen and oxygen atoms in total. The van der Waals surface area contributed by atoms with Crippen molar-refractivity contribution >= 4 is 29.6 Å². The molecule has 192 valence electrons. The molecule has 2 aliphatic heterocycles. The first kappa shape index (κ1) is 26.5. The predicted molar refractivity (Wildman–Crippen MR) is 131 cm³/mol. The Labute approximate surface area is 206 Å². The summed E-state index contributed by atoms with van der Waals surface area (Å²) in [7, 11) is 0. The van der Waals surface area contributed by atoms with E-state index in [1.165, 1.54) is 6.07 Å². The second-order valence-electron chi connectivity index (χ2n) is 10.5. The maximum Gasteiger partial charge on any atom is 0.410 e. The number of nitrogens with one attached hydrogen (secondary N) is 1. The van der Waals surface area contributed by atoms with Crippen LogP contribution in [0.2, 0.25) is 0 Å². The zero-order chi connectivity index (χ0) is 25.6. The molecule has 2 fully saturated rings. The van der Waals surface area contributed by atoms with Crippen LogP contribution in [0.3, 0.4) is 0 Å². The number of nitrogens with zero attached hydrogens (tertiary/aromatic N) is 2. The number of aromatic carboxylic acids is 1. The standard InChI is InChI=1S/C26H37N3O6/c1-26(2,3)35-25(34)28-15-12-18(13-16-28)10-11-22(30)29-14-6-7-19(17-29)23(31)27-21-9-5-4-8-20(21)24(32)33/h4-5,8-9,18-19H,6-7,10-17H2,1-3H3,(H,27,31)(H,32,33). The molecule has 9 heteroatoms. The summed E-state index contributed by atoms with van der Waals surface area (Å²) >= 11 is 0. The Balaban J connectivity index is 1.44. The molecule has 1 aromatic carbocycles.